The number of quaternary nitrogens is 1. The summed E-state index contributed by atoms with van der Waals surface area (Å²) in [4.78, 5) is 2.68. The number of benzene rings is 4. The first-order valence-corrected chi connectivity index (χ1v) is 24.7. The minimum atomic E-state index is 0.793. The molecule has 0 radical (unpaired) electrons. The molecule has 4 aromatic carbocycles. The molecule has 1 heterocycles. The smallest absolute Gasteiger partial charge is 0.223 e. The van der Waals surface area contributed by atoms with Crippen molar-refractivity contribution in [3.63, 3.8) is 0 Å². The lowest BCUT2D eigenvalue weighted by Crippen LogP contribution is -2.46. The number of aryl methyl sites for hydroxylation is 1. The van der Waals surface area contributed by atoms with E-state index in [9.17, 15) is 0 Å². The summed E-state index contributed by atoms with van der Waals surface area (Å²) in [5.74, 6) is 0. The van der Waals surface area contributed by atoms with Crippen LogP contribution in [0.3, 0.4) is 0 Å². The molecule has 0 unspecified atom stereocenters. The molecule has 0 saturated carbocycles. The lowest BCUT2D eigenvalue weighted by atomic mass is 9.95. The second-order valence-corrected chi connectivity index (χ2v) is 18.0. The van der Waals surface area contributed by atoms with Gasteiger partial charge in [0, 0.05) is 48.1 Å². The number of unbranched alkanes of at least 4 members (excludes halogenated alkanes) is 14. The third-order valence-corrected chi connectivity index (χ3v) is 13.5. The molecular formula is C56H83N5+2. The van der Waals surface area contributed by atoms with Gasteiger partial charge in [-0.15, -0.1) is 0 Å². The van der Waals surface area contributed by atoms with Gasteiger partial charge in [-0.25, -0.2) is 0 Å². The Kier molecular flexibility index (Phi) is 20.0. The van der Waals surface area contributed by atoms with E-state index in [0.29, 0.717) is 0 Å². The molecule has 0 amide bonds. The van der Waals surface area contributed by atoms with E-state index in [1.807, 2.05) is 0 Å². The van der Waals surface area contributed by atoms with Gasteiger partial charge >= 0.3 is 0 Å². The SMILES string of the molecule is CCCCCCCCCCN(CCCCCCCCCC)c1ccc(/C=C/c2c(NC)ccc3c4ccc(N)cc4c(-c4ccccc4)[n+](CCC[N+](C)(CC)CC)c23)cc1. The van der Waals surface area contributed by atoms with Crippen LogP contribution in [0.1, 0.15) is 148 Å². The fourth-order valence-electron chi connectivity index (χ4n) is 9.25. The quantitative estimate of drug-likeness (QED) is 0.0126. The fraction of sp³-hybridized carbons (Fsp3) is 0.518. The summed E-state index contributed by atoms with van der Waals surface area (Å²) in [7, 11) is 4.45. The summed E-state index contributed by atoms with van der Waals surface area (Å²) in [5.41, 5.74) is 16.0. The number of hydrogen-bond acceptors (Lipinski definition) is 3. The van der Waals surface area contributed by atoms with E-state index in [-0.39, 0.29) is 0 Å². The van der Waals surface area contributed by atoms with Crippen LogP contribution in [-0.4, -0.2) is 51.3 Å². The van der Waals surface area contributed by atoms with Gasteiger partial charge in [0.2, 0.25) is 11.2 Å². The maximum absolute atomic E-state index is 6.55. The topological polar surface area (TPSA) is 45.2 Å². The van der Waals surface area contributed by atoms with Gasteiger partial charge < -0.3 is 20.4 Å². The van der Waals surface area contributed by atoms with E-state index < -0.39 is 0 Å². The second kappa shape index (κ2) is 25.6. The predicted molar refractivity (Wildman–Crippen MR) is 271 cm³/mol. The third kappa shape index (κ3) is 13.8. The standard InChI is InChI=1S/C56H82N5/c1-7-11-13-15-17-19-21-26-41-59(42-27-22-20-18-16-14-12-8-2)49-35-31-46(32-36-49)33-37-52-54(58-5)40-39-51-50-38-34-48(57)45-53(50)55(47-29-24-23-25-30-47)60(56(51)52)43-28-44-61(6,9-3)10-4/h23-25,29-40,45H,7-22,26-28,41-44,57H2,1-6H3/q+1/p+1/b37-33+. The van der Waals surface area contributed by atoms with Gasteiger partial charge in [-0.3, -0.25) is 0 Å². The van der Waals surface area contributed by atoms with Gasteiger partial charge in [0.05, 0.1) is 49.4 Å². The number of hydrogen-bond donors (Lipinski definition) is 2. The molecule has 0 aliphatic carbocycles. The van der Waals surface area contributed by atoms with Crippen LogP contribution < -0.4 is 20.5 Å². The minimum Gasteiger partial charge on any atom is -0.399 e. The van der Waals surface area contributed by atoms with E-state index in [4.69, 9.17) is 5.73 Å². The van der Waals surface area contributed by atoms with Crippen molar-refractivity contribution in [1.82, 2.24) is 0 Å². The maximum atomic E-state index is 6.55. The van der Waals surface area contributed by atoms with E-state index in [1.54, 1.807) is 0 Å². The zero-order chi connectivity index (χ0) is 43.3. The molecule has 5 heteroatoms. The highest BCUT2D eigenvalue weighted by Gasteiger charge is 2.27. The second-order valence-electron chi connectivity index (χ2n) is 18.0. The predicted octanol–water partition coefficient (Wildman–Crippen LogP) is 14.7. The first-order valence-electron chi connectivity index (χ1n) is 24.7. The molecule has 0 spiro atoms. The number of pyridine rings is 1. The van der Waals surface area contributed by atoms with Crippen LogP contribution in [0, 0.1) is 0 Å². The molecule has 3 N–H and O–H groups in total. The van der Waals surface area contributed by atoms with Gasteiger partial charge in [-0.05, 0) is 86.9 Å². The molecule has 0 aliphatic rings. The number of fused-ring (bicyclic) bond motifs is 3. The largest absolute Gasteiger partial charge is 0.399 e. The van der Waals surface area contributed by atoms with Gasteiger partial charge in [0.25, 0.3) is 0 Å². The van der Waals surface area contributed by atoms with Crippen LogP contribution in [0.5, 0.6) is 0 Å². The van der Waals surface area contributed by atoms with E-state index >= 15 is 0 Å². The van der Waals surface area contributed by atoms with Crippen LogP contribution in [0.2, 0.25) is 0 Å². The number of anilines is 3. The minimum absolute atomic E-state index is 0.793. The van der Waals surface area contributed by atoms with Crippen molar-refractivity contribution in [2.24, 2.45) is 0 Å². The summed E-state index contributed by atoms with van der Waals surface area (Å²) < 4.78 is 3.68. The number of nitrogens with two attached hydrogens (primary N) is 1. The molecule has 5 rings (SSSR count). The maximum Gasteiger partial charge on any atom is 0.223 e. The van der Waals surface area contributed by atoms with Gasteiger partial charge in [0.15, 0.2) is 6.54 Å². The number of nitrogens with one attached hydrogen (secondary N) is 1. The zero-order valence-electron chi connectivity index (χ0n) is 39.4. The van der Waals surface area contributed by atoms with Crippen molar-refractivity contribution in [2.75, 3.05) is 62.8 Å². The Bertz CT molecular complexity index is 2030. The number of nitrogen functional groups attached to an aromatic ring is 1. The van der Waals surface area contributed by atoms with Crippen molar-refractivity contribution in [3.8, 4) is 11.3 Å². The first-order chi connectivity index (χ1) is 29.9. The van der Waals surface area contributed by atoms with Crippen LogP contribution in [0.25, 0.3) is 45.1 Å². The Hall–Kier alpha value is -4.35. The summed E-state index contributed by atoms with van der Waals surface area (Å²) in [6, 6.07) is 31.4. The molecule has 0 atom stereocenters. The molecule has 0 aliphatic heterocycles. The Balaban J connectivity index is 1.47. The number of rotatable bonds is 29. The van der Waals surface area contributed by atoms with Crippen molar-refractivity contribution < 1.29 is 9.05 Å². The molecule has 5 nitrogen and oxygen atoms in total. The van der Waals surface area contributed by atoms with Crippen LogP contribution in [0.15, 0.2) is 84.9 Å². The monoisotopic (exact) mass is 826 g/mol. The lowest BCUT2D eigenvalue weighted by molar-refractivity contribution is -0.908. The molecule has 0 saturated heterocycles. The first kappa shape index (κ1) is 47.7. The summed E-state index contributed by atoms with van der Waals surface area (Å²) >= 11 is 0. The zero-order valence-corrected chi connectivity index (χ0v) is 39.4. The Morgan fingerprint density at radius 2 is 1.18 bits per heavy atom. The summed E-state index contributed by atoms with van der Waals surface area (Å²) in [6.45, 7) is 15.9. The number of nitrogens with zero attached hydrogens (tertiary/aromatic N) is 3. The Labute approximate surface area is 372 Å². The lowest BCUT2D eigenvalue weighted by Gasteiger charge is -2.31. The van der Waals surface area contributed by atoms with Gasteiger partial charge in [-0.2, -0.15) is 4.57 Å². The van der Waals surface area contributed by atoms with Crippen LogP contribution >= 0.6 is 0 Å². The van der Waals surface area contributed by atoms with Crippen LogP contribution in [0.4, 0.5) is 17.1 Å². The normalized spacial score (nSPS) is 12.0. The molecule has 5 aromatic rings. The van der Waals surface area contributed by atoms with Gasteiger partial charge in [0.1, 0.15) is 0 Å². The third-order valence-electron chi connectivity index (χ3n) is 13.5. The molecule has 0 fully saturated rings. The highest BCUT2D eigenvalue weighted by atomic mass is 15.3. The Morgan fingerprint density at radius 3 is 1.75 bits per heavy atom. The van der Waals surface area contributed by atoms with E-state index in [1.165, 1.54) is 152 Å². The average Bonchev–Trinajstić information content (AvgIpc) is 3.29. The number of aromatic nitrogens is 1. The average molecular weight is 826 g/mol. The molecule has 0 bridgehead atoms. The summed E-state index contributed by atoms with van der Waals surface area (Å²) in [6.07, 6.45) is 27.5. The van der Waals surface area contributed by atoms with Crippen molar-refractivity contribution in [3.05, 3.63) is 96.1 Å². The van der Waals surface area contributed by atoms with Crippen LogP contribution in [-0.2, 0) is 6.54 Å². The van der Waals surface area contributed by atoms with Crippen molar-refractivity contribution in [1.29, 1.82) is 0 Å². The molecule has 330 valence electrons. The van der Waals surface area contributed by atoms with Crippen molar-refractivity contribution >= 4 is 50.9 Å². The molecule has 61 heavy (non-hydrogen) atoms. The highest BCUT2D eigenvalue weighted by Crippen LogP contribution is 2.37. The van der Waals surface area contributed by atoms with Crippen molar-refractivity contribution in [2.45, 2.75) is 143 Å². The van der Waals surface area contributed by atoms with E-state index in [2.05, 4.69) is 154 Å². The van der Waals surface area contributed by atoms with Gasteiger partial charge in [-0.1, -0.05) is 146 Å². The summed E-state index contributed by atoms with van der Waals surface area (Å²) in [5, 5.41) is 7.27. The molecular weight excluding hydrogens is 743 g/mol. The molecule has 1 aromatic heterocycles. The Morgan fingerprint density at radius 1 is 0.607 bits per heavy atom. The van der Waals surface area contributed by atoms with E-state index in [0.717, 1.165) is 61.5 Å². The highest BCUT2D eigenvalue weighted by molar-refractivity contribution is 6.12. The fourth-order valence-corrected chi connectivity index (χ4v) is 9.25.